The normalized spacial score (nSPS) is 10.8. The first-order valence-electron chi connectivity index (χ1n) is 15.5. The zero-order valence-corrected chi connectivity index (χ0v) is 26.5. The molecule has 10 nitrogen and oxygen atoms in total. The van der Waals surface area contributed by atoms with Gasteiger partial charge in [0.1, 0.15) is 18.1 Å². The Labute approximate surface area is 283 Å². The zero-order valence-electron chi connectivity index (χ0n) is 26.5. The first-order valence-corrected chi connectivity index (χ1v) is 15.5. The summed E-state index contributed by atoms with van der Waals surface area (Å²) in [6.07, 6.45) is 3.21. The second-order valence-corrected chi connectivity index (χ2v) is 11.0. The third-order valence-corrected chi connectivity index (χ3v) is 7.44. The number of aromatic nitrogens is 2. The van der Waals surface area contributed by atoms with E-state index in [4.69, 9.17) is 9.84 Å². The lowest BCUT2D eigenvalue weighted by Gasteiger charge is -2.11. The molecule has 1 aromatic heterocycles. The maximum absolute atomic E-state index is 13.0. The highest BCUT2D eigenvalue weighted by atomic mass is 16.5. The van der Waals surface area contributed by atoms with Crippen LogP contribution in [0.5, 0.6) is 5.75 Å². The Kier molecular flexibility index (Phi) is 9.96. The van der Waals surface area contributed by atoms with Crippen molar-refractivity contribution >= 4 is 35.3 Å². The summed E-state index contributed by atoms with van der Waals surface area (Å²) in [5.74, 6) is -1.73. The monoisotopic (exact) mass is 648 g/mol. The van der Waals surface area contributed by atoms with Gasteiger partial charge in [-0.1, -0.05) is 78.4 Å². The van der Waals surface area contributed by atoms with Gasteiger partial charge in [-0.05, 0) is 73.2 Å². The van der Waals surface area contributed by atoms with Crippen molar-refractivity contribution in [1.29, 1.82) is 0 Å². The minimum absolute atomic E-state index is 0.179. The number of nitrogens with one attached hydrogen (secondary N) is 3. The Balaban J connectivity index is 1.14. The highest BCUT2D eigenvalue weighted by molar-refractivity contribution is 6.40. The molecule has 0 bridgehead atoms. The highest BCUT2D eigenvalue weighted by Gasteiger charge is 2.18. The third kappa shape index (κ3) is 8.32. The molecule has 0 saturated heterocycles. The molecule has 6 rings (SSSR count). The molecule has 0 fully saturated rings. The fourth-order valence-corrected chi connectivity index (χ4v) is 4.88. The van der Waals surface area contributed by atoms with E-state index in [1.165, 1.54) is 6.21 Å². The first kappa shape index (κ1) is 32.1. The summed E-state index contributed by atoms with van der Waals surface area (Å²) in [6, 6.07) is 40.8. The number of aryl methyl sites for hydroxylation is 1. The van der Waals surface area contributed by atoms with Crippen molar-refractivity contribution in [2.24, 2.45) is 5.10 Å². The summed E-state index contributed by atoms with van der Waals surface area (Å²) < 4.78 is 7.65. The minimum Gasteiger partial charge on any atom is -0.489 e. The number of carbonyl (C=O) groups excluding carboxylic acids is 3. The molecule has 10 heteroatoms. The van der Waals surface area contributed by atoms with E-state index in [1.807, 2.05) is 104 Å². The van der Waals surface area contributed by atoms with Crippen LogP contribution in [0.1, 0.15) is 27.0 Å². The molecule has 6 aromatic rings. The largest absolute Gasteiger partial charge is 0.489 e. The molecule has 0 saturated carbocycles. The number of carbonyl (C=O) groups is 3. The highest BCUT2D eigenvalue weighted by Crippen LogP contribution is 2.26. The minimum atomic E-state index is -1.01. The van der Waals surface area contributed by atoms with Crippen LogP contribution in [0.2, 0.25) is 0 Å². The molecule has 3 amide bonds. The molecule has 1 heterocycles. The molecule has 0 aliphatic carbocycles. The van der Waals surface area contributed by atoms with Gasteiger partial charge in [0.25, 0.3) is 5.91 Å². The SMILES string of the molecule is Cc1ccc(NC(=O)c2ccccc2NC(=O)C(=O)NN=Cc2cn(-c3ccccc3)nc2-c2ccc(OCc3ccccc3)cc2)cc1. The Morgan fingerprint density at radius 2 is 1.43 bits per heavy atom. The molecule has 49 heavy (non-hydrogen) atoms. The van der Waals surface area contributed by atoms with Gasteiger partial charge >= 0.3 is 11.8 Å². The van der Waals surface area contributed by atoms with E-state index in [1.54, 1.807) is 47.3 Å². The van der Waals surface area contributed by atoms with Crippen molar-refractivity contribution in [2.75, 3.05) is 10.6 Å². The van der Waals surface area contributed by atoms with Gasteiger partial charge in [-0.3, -0.25) is 14.4 Å². The average molecular weight is 649 g/mol. The fourth-order valence-electron chi connectivity index (χ4n) is 4.88. The smallest absolute Gasteiger partial charge is 0.329 e. The van der Waals surface area contributed by atoms with Crippen LogP contribution >= 0.6 is 0 Å². The lowest BCUT2D eigenvalue weighted by atomic mass is 10.1. The number of anilines is 2. The molecule has 3 N–H and O–H groups in total. The van der Waals surface area contributed by atoms with Gasteiger partial charge in [-0.25, -0.2) is 10.1 Å². The first-order chi connectivity index (χ1) is 23.9. The molecular formula is C39H32N6O4. The maximum atomic E-state index is 13.0. The summed E-state index contributed by atoms with van der Waals surface area (Å²) in [7, 11) is 0. The van der Waals surface area contributed by atoms with Gasteiger partial charge in [0.15, 0.2) is 0 Å². The molecule has 0 spiro atoms. The number of rotatable bonds is 10. The lowest BCUT2D eigenvalue weighted by molar-refractivity contribution is -0.136. The summed E-state index contributed by atoms with van der Waals surface area (Å²) in [5.41, 5.74) is 8.21. The molecular weight excluding hydrogens is 616 g/mol. The van der Waals surface area contributed by atoms with Crippen LogP contribution in [-0.2, 0) is 16.2 Å². The molecule has 0 unspecified atom stereocenters. The van der Waals surface area contributed by atoms with Gasteiger partial charge < -0.3 is 15.4 Å². The molecule has 0 atom stereocenters. The number of para-hydroxylation sites is 2. The molecule has 0 radical (unpaired) electrons. The number of ether oxygens (including phenoxy) is 1. The van der Waals surface area contributed by atoms with Crippen molar-refractivity contribution in [3.8, 4) is 22.7 Å². The molecule has 242 valence electrons. The van der Waals surface area contributed by atoms with E-state index in [0.717, 1.165) is 22.4 Å². The maximum Gasteiger partial charge on any atom is 0.329 e. The number of hydrazone groups is 1. The van der Waals surface area contributed by atoms with Crippen molar-refractivity contribution in [3.05, 3.63) is 162 Å². The van der Waals surface area contributed by atoms with Crippen LogP contribution in [0.15, 0.2) is 145 Å². The number of hydrogen-bond acceptors (Lipinski definition) is 6. The van der Waals surface area contributed by atoms with Gasteiger partial charge in [-0.15, -0.1) is 0 Å². The van der Waals surface area contributed by atoms with Crippen molar-refractivity contribution in [3.63, 3.8) is 0 Å². The van der Waals surface area contributed by atoms with Gasteiger partial charge in [0.05, 0.1) is 23.2 Å². The van der Waals surface area contributed by atoms with E-state index >= 15 is 0 Å². The van der Waals surface area contributed by atoms with Crippen LogP contribution < -0.4 is 20.8 Å². The summed E-state index contributed by atoms with van der Waals surface area (Å²) >= 11 is 0. The number of nitrogens with zero attached hydrogens (tertiary/aromatic N) is 3. The number of hydrogen-bond donors (Lipinski definition) is 3. The Morgan fingerprint density at radius 3 is 2.16 bits per heavy atom. The van der Waals surface area contributed by atoms with Crippen LogP contribution in [0.4, 0.5) is 11.4 Å². The second-order valence-electron chi connectivity index (χ2n) is 11.0. The summed E-state index contributed by atoms with van der Waals surface area (Å²) in [5, 5.41) is 14.1. The lowest BCUT2D eigenvalue weighted by Crippen LogP contribution is -2.33. The second kappa shape index (κ2) is 15.2. The summed E-state index contributed by atoms with van der Waals surface area (Å²) in [6.45, 7) is 2.39. The standard InChI is InChI=1S/C39H32N6O4/c1-27-16-20-31(21-17-27)41-37(46)34-14-8-9-15-35(34)42-38(47)39(48)43-40-24-30-25-45(32-12-6-3-7-13-32)44-36(30)29-18-22-33(23-19-29)49-26-28-10-4-2-5-11-28/h2-25H,26H2,1H3,(H,41,46)(H,42,47)(H,43,48). The van der Waals surface area contributed by atoms with E-state index in [2.05, 4.69) is 21.2 Å². The van der Waals surface area contributed by atoms with Crippen molar-refractivity contribution < 1.29 is 19.1 Å². The third-order valence-electron chi connectivity index (χ3n) is 7.44. The van der Waals surface area contributed by atoms with Crippen LogP contribution in [0.3, 0.4) is 0 Å². The van der Waals surface area contributed by atoms with Crippen LogP contribution in [-0.4, -0.2) is 33.7 Å². The van der Waals surface area contributed by atoms with E-state index in [9.17, 15) is 14.4 Å². The predicted molar refractivity (Wildman–Crippen MR) is 190 cm³/mol. The fraction of sp³-hybridized carbons (Fsp3) is 0.0513. The van der Waals surface area contributed by atoms with Crippen LogP contribution in [0, 0.1) is 6.92 Å². The topological polar surface area (TPSA) is 127 Å². The Hall–Kier alpha value is -6.81. The van der Waals surface area contributed by atoms with Crippen LogP contribution in [0.25, 0.3) is 16.9 Å². The van der Waals surface area contributed by atoms with Crippen molar-refractivity contribution in [1.82, 2.24) is 15.2 Å². The summed E-state index contributed by atoms with van der Waals surface area (Å²) in [4.78, 5) is 38.5. The molecule has 5 aromatic carbocycles. The van der Waals surface area contributed by atoms with E-state index < -0.39 is 17.7 Å². The number of amides is 3. The van der Waals surface area contributed by atoms with Gasteiger partial charge in [-0.2, -0.15) is 10.2 Å². The van der Waals surface area contributed by atoms with E-state index in [0.29, 0.717) is 29.3 Å². The van der Waals surface area contributed by atoms with Gasteiger partial charge in [0.2, 0.25) is 0 Å². The number of benzene rings is 5. The zero-order chi connectivity index (χ0) is 34.0. The quantitative estimate of drug-likeness (QED) is 0.0859. The van der Waals surface area contributed by atoms with Crippen molar-refractivity contribution in [2.45, 2.75) is 13.5 Å². The Bertz CT molecular complexity index is 2090. The molecule has 0 aliphatic heterocycles. The van der Waals surface area contributed by atoms with Gasteiger partial charge in [0, 0.05) is 23.0 Å². The average Bonchev–Trinajstić information content (AvgIpc) is 3.57. The Morgan fingerprint density at radius 1 is 0.755 bits per heavy atom. The predicted octanol–water partition coefficient (Wildman–Crippen LogP) is 6.77. The van der Waals surface area contributed by atoms with E-state index in [-0.39, 0.29) is 11.3 Å². The molecule has 0 aliphatic rings.